The van der Waals surface area contributed by atoms with Gasteiger partial charge in [-0.05, 0) is 20.3 Å². The molecule has 1 atom stereocenters. The lowest BCUT2D eigenvalue weighted by atomic mass is 10.1. The van der Waals surface area contributed by atoms with E-state index in [2.05, 4.69) is 15.1 Å². The van der Waals surface area contributed by atoms with Gasteiger partial charge < -0.3 is 0 Å². The summed E-state index contributed by atoms with van der Waals surface area (Å²) in [5.41, 5.74) is 1.25. The van der Waals surface area contributed by atoms with Gasteiger partial charge in [-0.1, -0.05) is 0 Å². The minimum absolute atomic E-state index is 0.539. The average Bonchev–Trinajstić information content (AvgIpc) is 2.61. The predicted molar refractivity (Wildman–Crippen MR) is 52.7 cm³/mol. The van der Waals surface area contributed by atoms with Crippen molar-refractivity contribution in [3.8, 4) is 0 Å². The molecule has 0 amide bonds. The molecule has 0 saturated carbocycles. The van der Waals surface area contributed by atoms with E-state index in [9.17, 15) is 4.39 Å². The van der Waals surface area contributed by atoms with Crippen LogP contribution >= 0.6 is 0 Å². The van der Waals surface area contributed by atoms with E-state index >= 15 is 0 Å². The molecule has 1 aliphatic heterocycles. The summed E-state index contributed by atoms with van der Waals surface area (Å²) in [7, 11) is 0. The maximum Gasteiger partial charge on any atom is 0.122 e. The Morgan fingerprint density at radius 2 is 2.50 bits per heavy atom. The van der Waals surface area contributed by atoms with Gasteiger partial charge in [-0.3, -0.25) is 10.00 Å². The number of hydrogen-bond donors (Lipinski definition) is 1. The molecule has 1 N–H and O–H groups in total. The van der Waals surface area contributed by atoms with E-state index in [1.165, 1.54) is 5.56 Å². The van der Waals surface area contributed by atoms with Crippen molar-refractivity contribution in [3.05, 3.63) is 17.5 Å². The summed E-state index contributed by atoms with van der Waals surface area (Å²) in [5, 5.41) is 6.85. The summed E-state index contributed by atoms with van der Waals surface area (Å²) in [4.78, 5) is 2.14. The molecule has 0 aliphatic carbocycles. The highest BCUT2D eigenvalue weighted by Gasteiger charge is 2.33. The standard InChI is InChI=1S/C10H16FN3/c1-8-9(5-12-13-8)6-14-4-3-10(2,11)7-14/h5H,3-4,6-7H2,1-2H3,(H,12,13). The average molecular weight is 197 g/mol. The number of halogens is 1. The first-order valence-electron chi connectivity index (χ1n) is 4.97. The Morgan fingerprint density at radius 1 is 1.71 bits per heavy atom. The summed E-state index contributed by atoms with van der Waals surface area (Å²) in [6.07, 6.45) is 2.47. The predicted octanol–water partition coefficient (Wildman–Crippen LogP) is 1.65. The van der Waals surface area contributed by atoms with Crippen molar-refractivity contribution in [2.45, 2.75) is 32.5 Å². The fourth-order valence-electron chi connectivity index (χ4n) is 1.93. The van der Waals surface area contributed by atoms with E-state index in [1.807, 2.05) is 13.1 Å². The molecule has 78 valence electrons. The summed E-state index contributed by atoms with van der Waals surface area (Å²) in [5.74, 6) is 0. The molecule has 2 heterocycles. The number of aromatic nitrogens is 2. The SMILES string of the molecule is Cc1[nH]ncc1CN1CCC(C)(F)C1. The van der Waals surface area contributed by atoms with Crippen LogP contribution in [0.25, 0.3) is 0 Å². The molecule has 1 fully saturated rings. The Kier molecular flexibility index (Phi) is 2.31. The second-order valence-electron chi connectivity index (χ2n) is 4.39. The zero-order chi connectivity index (χ0) is 10.2. The third kappa shape index (κ3) is 1.95. The van der Waals surface area contributed by atoms with Crippen molar-refractivity contribution in [1.29, 1.82) is 0 Å². The van der Waals surface area contributed by atoms with E-state index < -0.39 is 5.67 Å². The molecular weight excluding hydrogens is 181 g/mol. The maximum atomic E-state index is 13.5. The Bertz CT molecular complexity index is 319. The van der Waals surface area contributed by atoms with Gasteiger partial charge in [0.05, 0.1) is 6.20 Å². The number of nitrogens with zero attached hydrogens (tertiary/aromatic N) is 2. The smallest absolute Gasteiger partial charge is 0.122 e. The number of alkyl halides is 1. The maximum absolute atomic E-state index is 13.5. The van der Waals surface area contributed by atoms with Crippen LogP contribution < -0.4 is 0 Å². The lowest BCUT2D eigenvalue weighted by Gasteiger charge is -2.16. The molecule has 1 saturated heterocycles. The number of rotatable bonds is 2. The van der Waals surface area contributed by atoms with Gasteiger partial charge in [0.1, 0.15) is 5.67 Å². The zero-order valence-electron chi connectivity index (χ0n) is 8.68. The lowest BCUT2D eigenvalue weighted by Crippen LogP contribution is -2.25. The van der Waals surface area contributed by atoms with Crippen LogP contribution in [0.4, 0.5) is 4.39 Å². The van der Waals surface area contributed by atoms with Crippen molar-refractivity contribution in [1.82, 2.24) is 15.1 Å². The normalized spacial score (nSPS) is 28.5. The van der Waals surface area contributed by atoms with E-state index in [1.54, 1.807) is 6.92 Å². The fourth-order valence-corrected chi connectivity index (χ4v) is 1.93. The monoisotopic (exact) mass is 197 g/mol. The first kappa shape index (κ1) is 9.65. The van der Waals surface area contributed by atoms with E-state index in [4.69, 9.17) is 0 Å². The number of aromatic amines is 1. The third-order valence-electron chi connectivity index (χ3n) is 2.83. The molecule has 0 radical (unpaired) electrons. The minimum Gasteiger partial charge on any atom is -0.296 e. The zero-order valence-corrected chi connectivity index (χ0v) is 8.68. The Morgan fingerprint density at radius 3 is 3.00 bits per heavy atom. The number of H-pyrrole nitrogens is 1. The highest BCUT2D eigenvalue weighted by molar-refractivity contribution is 5.14. The number of nitrogens with one attached hydrogen (secondary N) is 1. The van der Waals surface area contributed by atoms with Crippen molar-refractivity contribution in [3.63, 3.8) is 0 Å². The first-order chi connectivity index (χ1) is 6.57. The van der Waals surface area contributed by atoms with Crippen LogP contribution in [0, 0.1) is 6.92 Å². The minimum atomic E-state index is -1.00. The van der Waals surface area contributed by atoms with Crippen molar-refractivity contribution in [2.75, 3.05) is 13.1 Å². The number of likely N-dealkylation sites (tertiary alicyclic amines) is 1. The van der Waals surface area contributed by atoms with E-state index in [0.29, 0.717) is 13.0 Å². The highest BCUT2D eigenvalue weighted by atomic mass is 19.1. The number of hydrogen-bond acceptors (Lipinski definition) is 2. The second-order valence-corrected chi connectivity index (χ2v) is 4.39. The number of aryl methyl sites for hydroxylation is 1. The van der Waals surface area contributed by atoms with Crippen molar-refractivity contribution < 1.29 is 4.39 Å². The quantitative estimate of drug-likeness (QED) is 0.781. The van der Waals surface area contributed by atoms with Gasteiger partial charge in [0.25, 0.3) is 0 Å². The molecule has 2 rings (SSSR count). The van der Waals surface area contributed by atoms with Gasteiger partial charge in [0.15, 0.2) is 0 Å². The topological polar surface area (TPSA) is 31.9 Å². The summed E-state index contributed by atoms with van der Waals surface area (Å²) in [6, 6.07) is 0. The van der Waals surface area contributed by atoms with Crippen LogP contribution in [-0.4, -0.2) is 33.9 Å². The van der Waals surface area contributed by atoms with E-state index in [0.717, 1.165) is 18.8 Å². The molecule has 1 unspecified atom stereocenters. The van der Waals surface area contributed by atoms with Gasteiger partial charge in [-0.2, -0.15) is 5.10 Å². The molecule has 1 aromatic rings. The van der Waals surface area contributed by atoms with Gasteiger partial charge in [-0.25, -0.2) is 4.39 Å². The Balaban J connectivity index is 1.97. The van der Waals surface area contributed by atoms with Crippen LogP contribution in [0.3, 0.4) is 0 Å². The highest BCUT2D eigenvalue weighted by Crippen LogP contribution is 2.26. The third-order valence-corrected chi connectivity index (χ3v) is 2.83. The van der Waals surface area contributed by atoms with Crippen LogP contribution in [0.1, 0.15) is 24.6 Å². The van der Waals surface area contributed by atoms with Gasteiger partial charge >= 0.3 is 0 Å². The Labute approximate surface area is 83.3 Å². The van der Waals surface area contributed by atoms with Crippen LogP contribution in [-0.2, 0) is 6.54 Å². The van der Waals surface area contributed by atoms with Crippen LogP contribution in [0.5, 0.6) is 0 Å². The summed E-state index contributed by atoms with van der Waals surface area (Å²) < 4.78 is 13.5. The molecule has 3 nitrogen and oxygen atoms in total. The summed E-state index contributed by atoms with van der Waals surface area (Å²) >= 11 is 0. The Hall–Kier alpha value is -0.900. The van der Waals surface area contributed by atoms with Crippen LogP contribution in [0.2, 0.25) is 0 Å². The fraction of sp³-hybridized carbons (Fsp3) is 0.700. The molecule has 14 heavy (non-hydrogen) atoms. The first-order valence-corrected chi connectivity index (χ1v) is 4.97. The largest absolute Gasteiger partial charge is 0.296 e. The van der Waals surface area contributed by atoms with Crippen LogP contribution in [0.15, 0.2) is 6.20 Å². The molecule has 0 bridgehead atoms. The van der Waals surface area contributed by atoms with Gasteiger partial charge in [0.2, 0.25) is 0 Å². The molecule has 1 aliphatic rings. The van der Waals surface area contributed by atoms with Gasteiger partial charge in [-0.15, -0.1) is 0 Å². The second kappa shape index (κ2) is 3.35. The lowest BCUT2D eigenvalue weighted by molar-refractivity contribution is 0.186. The molecule has 1 aromatic heterocycles. The molecule has 0 spiro atoms. The molecule has 4 heteroatoms. The summed E-state index contributed by atoms with van der Waals surface area (Å²) in [6.45, 7) is 5.86. The van der Waals surface area contributed by atoms with E-state index in [-0.39, 0.29) is 0 Å². The van der Waals surface area contributed by atoms with Gasteiger partial charge in [0, 0.05) is 30.9 Å². The molecular formula is C10H16FN3. The molecule has 0 aromatic carbocycles. The van der Waals surface area contributed by atoms with Crippen molar-refractivity contribution >= 4 is 0 Å². The van der Waals surface area contributed by atoms with Crippen molar-refractivity contribution in [2.24, 2.45) is 0 Å².